The van der Waals surface area contributed by atoms with E-state index in [1.54, 1.807) is 6.20 Å². The first-order valence-corrected chi connectivity index (χ1v) is 8.49. The molecular weight excluding hydrogens is 290 g/mol. The van der Waals surface area contributed by atoms with E-state index in [9.17, 15) is 4.79 Å². The second-order valence-electron chi connectivity index (χ2n) is 7.38. The lowest BCUT2D eigenvalue weighted by Gasteiger charge is -2.33. The zero-order valence-corrected chi connectivity index (χ0v) is 14.6. The Morgan fingerprint density at radius 3 is 2.74 bits per heavy atom. The molecule has 1 aliphatic rings. The van der Waals surface area contributed by atoms with Gasteiger partial charge in [-0.15, -0.1) is 0 Å². The molecule has 1 fully saturated rings. The quantitative estimate of drug-likeness (QED) is 0.890. The van der Waals surface area contributed by atoms with E-state index in [0.29, 0.717) is 6.04 Å². The van der Waals surface area contributed by atoms with Crippen LogP contribution < -0.4 is 10.6 Å². The lowest BCUT2D eigenvalue weighted by atomic mass is 9.90. The van der Waals surface area contributed by atoms with Crippen molar-refractivity contribution in [1.29, 1.82) is 0 Å². The number of pyridine rings is 1. The van der Waals surface area contributed by atoms with Crippen molar-refractivity contribution in [1.82, 2.24) is 15.6 Å². The molecule has 0 spiro atoms. The molecule has 2 rings (SSSR count). The van der Waals surface area contributed by atoms with Crippen molar-refractivity contribution < 1.29 is 9.53 Å². The van der Waals surface area contributed by atoms with Crippen LogP contribution in [0.1, 0.15) is 65.0 Å². The number of rotatable bonds is 4. The van der Waals surface area contributed by atoms with Gasteiger partial charge in [-0.05, 0) is 65.0 Å². The van der Waals surface area contributed by atoms with Crippen LogP contribution in [0, 0.1) is 0 Å². The van der Waals surface area contributed by atoms with Gasteiger partial charge in [0.2, 0.25) is 0 Å². The number of amides is 1. The minimum absolute atomic E-state index is 0.178. The van der Waals surface area contributed by atoms with Crippen LogP contribution in [-0.4, -0.2) is 28.8 Å². The fourth-order valence-electron chi connectivity index (χ4n) is 3.03. The molecule has 3 atom stereocenters. The summed E-state index contributed by atoms with van der Waals surface area (Å²) in [5, 5.41) is 6.66. The summed E-state index contributed by atoms with van der Waals surface area (Å²) < 4.78 is 5.35. The van der Waals surface area contributed by atoms with Crippen LogP contribution in [0.3, 0.4) is 0 Å². The molecule has 1 aromatic rings. The Kier molecular flexibility index (Phi) is 5.99. The Morgan fingerprint density at radius 1 is 1.35 bits per heavy atom. The Hall–Kier alpha value is -1.62. The Bertz CT molecular complexity index is 499. The first-order chi connectivity index (χ1) is 10.8. The van der Waals surface area contributed by atoms with Gasteiger partial charge in [0.05, 0.1) is 0 Å². The number of hydrogen-bond acceptors (Lipinski definition) is 4. The number of carbonyl (C=O) groups excluding carboxylic acids is 1. The number of hydrogen-bond donors (Lipinski definition) is 2. The van der Waals surface area contributed by atoms with Gasteiger partial charge < -0.3 is 15.4 Å². The molecule has 1 saturated carbocycles. The molecule has 3 unspecified atom stereocenters. The van der Waals surface area contributed by atoms with Gasteiger partial charge in [-0.3, -0.25) is 4.98 Å². The summed E-state index contributed by atoms with van der Waals surface area (Å²) in [7, 11) is 0. The van der Waals surface area contributed by atoms with Crippen molar-refractivity contribution in [3.8, 4) is 0 Å². The molecule has 2 N–H and O–H groups in total. The van der Waals surface area contributed by atoms with Crippen molar-refractivity contribution in [2.24, 2.45) is 0 Å². The first-order valence-electron chi connectivity index (χ1n) is 8.49. The second-order valence-corrected chi connectivity index (χ2v) is 7.38. The third kappa shape index (κ3) is 6.18. The van der Waals surface area contributed by atoms with E-state index < -0.39 is 5.60 Å². The number of ether oxygens (including phenoxy) is 1. The average molecular weight is 319 g/mol. The summed E-state index contributed by atoms with van der Waals surface area (Å²) in [6, 6.07) is 4.88. The molecule has 23 heavy (non-hydrogen) atoms. The lowest BCUT2D eigenvalue weighted by molar-refractivity contribution is 0.0488. The molecule has 5 nitrogen and oxygen atoms in total. The van der Waals surface area contributed by atoms with Crippen LogP contribution in [0.25, 0.3) is 0 Å². The summed E-state index contributed by atoms with van der Waals surface area (Å²) in [4.78, 5) is 16.1. The Labute approximate surface area is 139 Å². The number of alkyl carbamates (subject to hydrolysis) is 1. The lowest BCUT2D eigenvalue weighted by Crippen LogP contribution is -2.46. The van der Waals surface area contributed by atoms with Gasteiger partial charge in [-0.2, -0.15) is 0 Å². The largest absolute Gasteiger partial charge is 0.444 e. The highest BCUT2D eigenvalue weighted by Crippen LogP contribution is 2.22. The number of nitrogens with one attached hydrogen (secondary N) is 2. The maximum atomic E-state index is 11.9. The molecular formula is C18H29N3O2. The van der Waals surface area contributed by atoms with Crippen LogP contribution in [0.4, 0.5) is 4.79 Å². The van der Waals surface area contributed by atoms with Gasteiger partial charge >= 0.3 is 6.09 Å². The van der Waals surface area contributed by atoms with Crippen molar-refractivity contribution in [3.63, 3.8) is 0 Å². The average Bonchev–Trinajstić information content (AvgIpc) is 2.46. The van der Waals surface area contributed by atoms with Gasteiger partial charge in [0.1, 0.15) is 5.60 Å². The zero-order valence-electron chi connectivity index (χ0n) is 14.6. The van der Waals surface area contributed by atoms with Crippen molar-refractivity contribution in [2.75, 3.05) is 0 Å². The topological polar surface area (TPSA) is 63.2 Å². The Balaban J connectivity index is 1.82. The summed E-state index contributed by atoms with van der Waals surface area (Å²) >= 11 is 0. The molecule has 1 aromatic heterocycles. The third-order valence-corrected chi connectivity index (χ3v) is 4.07. The maximum Gasteiger partial charge on any atom is 0.407 e. The molecule has 0 saturated heterocycles. The number of aromatic nitrogens is 1. The van der Waals surface area contributed by atoms with Crippen LogP contribution >= 0.6 is 0 Å². The molecule has 1 aliphatic carbocycles. The molecule has 1 heterocycles. The minimum atomic E-state index is -0.453. The predicted octanol–water partition coefficient (Wildman–Crippen LogP) is 3.57. The van der Waals surface area contributed by atoms with Gasteiger partial charge in [0, 0.05) is 30.5 Å². The smallest absolute Gasteiger partial charge is 0.407 e. The highest BCUT2D eigenvalue weighted by molar-refractivity contribution is 5.68. The molecule has 0 radical (unpaired) electrons. The van der Waals surface area contributed by atoms with Crippen molar-refractivity contribution in [2.45, 2.75) is 77.1 Å². The molecule has 0 aromatic carbocycles. The van der Waals surface area contributed by atoms with Gasteiger partial charge in [-0.1, -0.05) is 6.07 Å². The normalized spacial score (nSPS) is 23.1. The fraction of sp³-hybridized carbons (Fsp3) is 0.667. The number of nitrogens with zero attached hydrogens (tertiary/aromatic N) is 1. The monoisotopic (exact) mass is 319 g/mol. The van der Waals surface area contributed by atoms with Crippen molar-refractivity contribution in [3.05, 3.63) is 30.1 Å². The van der Waals surface area contributed by atoms with Gasteiger partial charge in [-0.25, -0.2) is 4.79 Å². The summed E-state index contributed by atoms with van der Waals surface area (Å²) in [6.45, 7) is 7.80. The summed E-state index contributed by atoms with van der Waals surface area (Å²) in [5.41, 5.74) is 0.736. The third-order valence-electron chi connectivity index (χ3n) is 4.07. The molecule has 1 amide bonds. The molecule has 0 bridgehead atoms. The van der Waals surface area contributed by atoms with E-state index in [2.05, 4.69) is 28.6 Å². The van der Waals surface area contributed by atoms with E-state index >= 15 is 0 Å². The van der Waals surface area contributed by atoms with Crippen LogP contribution in [0.5, 0.6) is 0 Å². The highest BCUT2D eigenvalue weighted by Gasteiger charge is 2.26. The second kappa shape index (κ2) is 7.77. The van der Waals surface area contributed by atoms with E-state index in [1.807, 2.05) is 33.0 Å². The molecule has 128 valence electrons. The number of carbonyl (C=O) groups is 1. The highest BCUT2D eigenvalue weighted by atomic mass is 16.6. The van der Waals surface area contributed by atoms with E-state index in [1.165, 1.54) is 5.56 Å². The Morgan fingerprint density at radius 2 is 2.09 bits per heavy atom. The van der Waals surface area contributed by atoms with Crippen LogP contribution in [0.15, 0.2) is 24.5 Å². The first kappa shape index (κ1) is 17.7. The SMILES string of the molecule is CC(NC1CCCC(NC(=O)OC(C)(C)C)C1)c1cccnc1. The molecule has 5 heteroatoms. The zero-order chi connectivity index (χ0) is 16.9. The van der Waals surface area contributed by atoms with Crippen molar-refractivity contribution >= 4 is 6.09 Å². The summed E-state index contributed by atoms with van der Waals surface area (Å²) in [6.07, 6.45) is 7.56. The molecule has 0 aliphatic heterocycles. The van der Waals surface area contributed by atoms with E-state index in [-0.39, 0.29) is 18.2 Å². The van der Waals surface area contributed by atoms with Gasteiger partial charge in [0.15, 0.2) is 0 Å². The fourth-order valence-corrected chi connectivity index (χ4v) is 3.03. The van der Waals surface area contributed by atoms with E-state index in [0.717, 1.165) is 25.7 Å². The standard InChI is InChI=1S/C18H29N3O2/c1-13(14-7-6-10-19-12-14)20-15-8-5-9-16(11-15)21-17(22)23-18(2,3)4/h6-7,10,12-13,15-16,20H,5,8-9,11H2,1-4H3,(H,21,22). The maximum absolute atomic E-state index is 11.9. The van der Waals surface area contributed by atoms with E-state index in [4.69, 9.17) is 4.74 Å². The van der Waals surface area contributed by atoms with Crippen LogP contribution in [-0.2, 0) is 4.74 Å². The van der Waals surface area contributed by atoms with Crippen LogP contribution in [0.2, 0.25) is 0 Å². The predicted molar refractivity (Wildman–Crippen MR) is 91.2 cm³/mol. The summed E-state index contributed by atoms with van der Waals surface area (Å²) in [5.74, 6) is 0. The minimum Gasteiger partial charge on any atom is -0.444 e. The van der Waals surface area contributed by atoms with Gasteiger partial charge in [0.25, 0.3) is 0 Å².